The molecular formula is C11H24N2O. The van der Waals surface area contributed by atoms with Gasteiger partial charge >= 0.3 is 0 Å². The maximum Gasteiger partial charge on any atom is 0.129 e. The topological polar surface area (TPSA) is 23.6 Å². The second-order valence-corrected chi connectivity index (χ2v) is 4.27. The highest BCUT2D eigenvalue weighted by Crippen LogP contribution is 1.95. The molecule has 3 heteroatoms. The molecule has 14 heavy (non-hydrogen) atoms. The second kappa shape index (κ2) is 7.94. The molecule has 3 nitrogen and oxygen atoms in total. The first-order chi connectivity index (χ1) is 6.52. The van der Waals surface area contributed by atoms with Crippen LogP contribution in [0.25, 0.3) is 0 Å². The van der Waals surface area contributed by atoms with E-state index in [4.69, 9.17) is 0 Å². The van der Waals surface area contributed by atoms with Gasteiger partial charge in [-0.3, -0.25) is 0 Å². The third kappa shape index (κ3) is 9.68. The molecule has 0 aromatic carbocycles. The summed E-state index contributed by atoms with van der Waals surface area (Å²) in [6.45, 7) is 4.95. The average Bonchev–Trinajstić information content (AvgIpc) is 2.02. The smallest absolute Gasteiger partial charge is 0.129 e. The average molecular weight is 200 g/mol. The molecule has 0 bridgehead atoms. The largest absolute Gasteiger partial charge is 0.309 e. The van der Waals surface area contributed by atoms with Gasteiger partial charge in [-0.2, -0.15) is 0 Å². The first-order valence-corrected chi connectivity index (χ1v) is 5.35. The van der Waals surface area contributed by atoms with Crippen molar-refractivity contribution in [2.75, 3.05) is 40.8 Å². The van der Waals surface area contributed by atoms with E-state index in [2.05, 4.69) is 30.9 Å². The lowest BCUT2D eigenvalue weighted by atomic mass is 10.2. The third-order valence-corrected chi connectivity index (χ3v) is 2.21. The minimum atomic E-state index is 0.298. The van der Waals surface area contributed by atoms with Gasteiger partial charge in [-0.1, -0.05) is 0 Å². The quantitative estimate of drug-likeness (QED) is 0.589. The van der Waals surface area contributed by atoms with Crippen molar-refractivity contribution in [3.8, 4) is 0 Å². The predicted octanol–water partition coefficient (Wildman–Crippen LogP) is 1.24. The van der Waals surface area contributed by atoms with Crippen molar-refractivity contribution >= 4 is 5.78 Å². The summed E-state index contributed by atoms with van der Waals surface area (Å²) in [5, 5.41) is 0. The zero-order valence-electron chi connectivity index (χ0n) is 10.0. The van der Waals surface area contributed by atoms with Gasteiger partial charge in [0.05, 0.1) is 0 Å². The molecule has 0 unspecified atom stereocenters. The van der Waals surface area contributed by atoms with Crippen LogP contribution < -0.4 is 0 Å². The van der Waals surface area contributed by atoms with Crippen molar-refractivity contribution in [3.63, 3.8) is 0 Å². The molecule has 0 spiro atoms. The van der Waals surface area contributed by atoms with Gasteiger partial charge in [0.2, 0.25) is 0 Å². The fourth-order valence-electron chi connectivity index (χ4n) is 1.37. The van der Waals surface area contributed by atoms with Gasteiger partial charge in [-0.25, -0.2) is 0 Å². The molecule has 0 heterocycles. The number of hydrogen-bond acceptors (Lipinski definition) is 3. The van der Waals surface area contributed by atoms with Crippen molar-refractivity contribution in [1.29, 1.82) is 0 Å². The number of hydrogen-bond donors (Lipinski definition) is 0. The summed E-state index contributed by atoms with van der Waals surface area (Å²) in [7, 11) is 6.31. The zero-order chi connectivity index (χ0) is 11.0. The highest BCUT2D eigenvalue weighted by Gasteiger charge is 1.99. The summed E-state index contributed by atoms with van der Waals surface area (Å²) in [4.78, 5) is 15.2. The van der Waals surface area contributed by atoms with Crippen LogP contribution in [0.2, 0.25) is 0 Å². The first-order valence-electron chi connectivity index (χ1n) is 5.35. The number of nitrogens with zero attached hydrogens (tertiary/aromatic N) is 2. The molecule has 0 saturated carbocycles. The Balaban J connectivity index is 3.27. The van der Waals surface area contributed by atoms with E-state index in [-0.39, 0.29) is 0 Å². The van der Waals surface area contributed by atoms with Gasteiger partial charge in [0.1, 0.15) is 5.78 Å². The summed E-state index contributed by atoms with van der Waals surface area (Å²) in [5.41, 5.74) is 0. The molecule has 0 fully saturated rings. The highest BCUT2D eigenvalue weighted by atomic mass is 16.1. The van der Waals surface area contributed by atoms with Gasteiger partial charge in [0.15, 0.2) is 0 Å². The maximum absolute atomic E-state index is 10.7. The molecule has 0 aliphatic carbocycles. The van der Waals surface area contributed by atoms with E-state index in [1.807, 2.05) is 0 Å². The fourth-order valence-corrected chi connectivity index (χ4v) is 1.37. The van der Waals surface area contributed by atoms with E-state index >= 15 is 0 Å². The van der Waals surface area contributed by atoms with E-state index in [0.29, 0.717) is 5.78 Å². The van der Waals surface area contributed by atoms with E-state index in [0.717, 1.165) is 32.5 Å². The summed E-state index contributed by atoms with van der Waals surface area (Å²) in [5.74, 6) is 0.298. The number of carbonyl (C=O) groups is 1. The van der Waals surface area contributed by atoms with Gasteiger partial charge < -0.3 is 14.6 Å². The summed E-state index contributed by atoms with van der Waals surface area (Å²) in [6.07, 6.45) is 2.91. The molecular weight excluding hydrogens is 176 g/mol. The molecule has 0 amide bonds. The Bertz CT molecular complexity index is 157. The standard InChI is InChI=1S/C11H24N2O/c1-11(14)7-5-9-13(4)10-6-8-12(2)3/h5-10H2,1-4H3. The van der Waals surface area contributed by atoms with Crippen molar-refractivity contribution in [2.45, 2.75) is 26.2 Å². The Morgan fingerprint density at radius 3 is 2.07 bits per heavy atom. The fraction of sp³-hybridized carbons (Fsp3) is 0.909. The van der Waals surface area contributed by atoms with Crippen LogP contribution in [0.1, 0.15) is 26.2 Å². The Labute approximate surface area is 88.1 Å². The number of Topliss-reactive ketones (excluding diaryl/α,β-unsaturated/α-hetero) is 1. The van der Waals surface area contributed by atoms with Crippen LogP contribution in [0.15, 0.2) is 0 Å². The van der Waals surface area contributed by atoms with Crippen molar-refractivity contribution in [1.82, 2.24) is 9.80 Å². The maximum atomic E-state index is 10.7. The van der Waals surface area contributed by atoms with Crippen molar-refractivity contribution in [2.24, 2.45) is 0 Å². The van der Waals surface area contributed by atoms with E-state index in [9.17, 15) is 4.79 Å². The second-order valence-electron chi connectivity index (χ2n) is 4.27. The summed E-state index contributed by atoms with van der Waals surface area (Å²) < 4.78 is 0. The molecule has 0 aromatic rings. The lowest BCUT2D eigenvalue weighted by Gasteiger charge is -2.17. The summed E-state index contributed by atoms with van der Waals surface area (Å²) >= 11 is 0. The third-order valence-electron chi connectivity index (χ3n) is 2.21. The minimum Gasteiger partial charge on any atom is -0.309 e. The van der Waals surface area contributed by atoms with E-state index in [1.165, 1.54) is 6.42 Å². The van der Waals surface area contributed by atoms with Crippen molar-refractivity contribution in [3.05, 3.63) is 0 Å². The van der Waals surface area contributed by atoms with Crippen molar-refractivity contribution < 1.29 is 4.79 Å². The predicted molar refractivity (Wildman–Crippen MR) is 60.6 cm³/mol. The summed E-state index contributed by atoms with van der Waals surface area (Å²) in [6, 6.07) is 0. The SMILES string of the molecule is CC(=O)CCCN(C)CCCN(C)C. The van der Waals surface area contributed by atoms with Crippen LogP contribution in [-0.2, 0) is 4.79 Å². The van der Waals surface area contributed by atoms with Gasteiger partial charge in [0.25, 0.3) is 0 Å². The Morgan fingerprint density at radius 2 is 1.57 bits per heavy atom. The van der Waals surface area contributed by atoms with Crippen LogP contribution in [0, 0.1) is 0 Å². The zero-order valence-corrected chi connectivity index (χ0v) is 10.0. The lowest BCUT2D eigenvalue weighted by Crippen LogP contribution is -2.24. The molecule has 0 N–H and O–H groups in total. The molecule has 0 saturated heterocycles. The normalized spacial score (nSPS) is 11.3. The molecule has 0 radical (unpaired) electrons. The molecule has 84 valence electrons. The van der Waals surface area contributed by atoms with Gasteiger partial charge in [-0.15, -0.1) is 0 Å². The Kier molecular flexibility index (Phi) is 7.71. The molecule has 0 aliphatic heterocycles. The van der Waals surface area contributed by atoms with Crippen LogP contribution in [-0.4, -0.2) is 56.4 Å². The lowest BCUT2D eigenvalue weighted by molar-refractivity contribution is -0.117. The Hall–Kier alpha value is -0.410. The highest BCUT2D eigenvalue weighted by molar-refractivity contribution is 5.75. The van der Waals surface area contributed by atoms with E-state index < -0.39 is 0 Å². The van der Waals surface area contributed by atoms with Crippen LogP contribution in [0.3, 0.4) is 0 Å². The van der Waals surface area contributed by atoms with Gasteiger partial charge in [-0.05, 0) is 60.5 Å². The monoisotopic (exact) mass is 200 g/mol. The Morgan fingerprint density at radius 1 is 1.00 bits per heavy atom. The minimum absolute atomic E-state index is 0.298. The number of ketones is 1. The van der Waals surface area contributed by atoms with Crippen LogP contribution >= 0.6 is 0 Å². The van der Waals surface area contributed by atoms with Crippen LogP contribution in [0.5, 0.6) is 0 Å². The van der Waals surface area contributed by atoms with Gasteiger partial charge in [0, 0.05) is 6.42 Å². The molecule has 0 rings (SSSR count). The number of carbonyl (C=O) groups excluding carboxylic acids is 1. The number of rotatable bonds is 8. The van der Waals surface area contributed by atoms with E-state index in [1.54, 1.807) is 6.92 Å². The first kappa shape index (κ1) is 13.6. The molecule has 0 aromatic heterocycles. The molecule has 0 atom stereocenters. The molecule has 0 aliphatic rings. The van der Waals surface area contributed by atoms with Crippen LogP contribution in [0.4, 0.5) is 0 Å².